The van der Waals surface area contributed by atoms with Gasteiger partial charge in [0, 0.05) is 18.0 Å². The van der Waals surface area contributed by atoms with Gasteiger partial charge in [-0.1, -0.05) is 11.8 Å². The van der Waals surface area contributed by atoms with Gasteiger partial charge in [0.2, 0.25) is 0 Å². The summed E-state index contributed by atoms with van der Waals surface area (Å²) in [7, 11) is 0. The molecule has 0 aliphatic heterocycles. The quantitative estimate of drug-likeness (QED) is 0.575. The van der Waals surface area contributed by atoms with Gasteiger partial charge in [0.25, 0.3) is 5.91 Å². The van der Waals surface area contributed by atoms with Gasteiger partial charge in [-0.15, -0.1) is 0 Å². The summed E-state index contributed by atoms with van der Waals surface area (Å²) in [5.41, 5.74) is 0.798. The number of nitrogens with one attached hydrogen (secondary N) is 1. The molecule has 1 heterocycles. The van der Waals surface area contributed by atoms with Gasteiger partial charge in [-0.05, 0) is 13.0 Å². The number of hydrogen-bond donors (Lipinski definition) is 2. The van der Waals surface area contributed by atoms with Gasteiger partial charge in [-0.25, -0.2) is 0 Å². The van der Waals surface area contributed by atoms with Crippen molar-refractivity contribution in [2.45, 2.75) is 6.92 Å². The zero-order chi connectivity index (χ0) is 14.1. The van der Waals surface area contributed by atoms with Crippen LogP contribution >= 0.6 is 0 Å². The molecular formula is C13H14N2O4. The van der Waals surface area contributed by atoms with Gasteiger partial charge in [-0.2, -0.15) is 0 Å². The number of ether oxygens (including phenoxy) is 1. The second-order valence-corrected chi connectivity index (χ2v) is 3.41. The van der Waals surface area contributed by atoms with Crippen LogP contribution in [-0.2, 0) is 9.53 Å². The Bertz CT molecular complexity index is 517. The lowest BCUT2D eigenvalue weighted by Crippen LogP contribution is -2.30. The molecule has 1 amide bonds. The van der Waals surface area contributed by atoms with E-state index in [-0.39, 0.29) is 25.3 Å². The first-order valence-electron chi connectivity index (χ1n) is 5.66. The summed E-state index contributed by atoms with van der Waals surface area (Å²) in [6, 6.07) is 1.52. The van der Waals surface area contributed by atoms with E-state index in [0.29, 0.717) is 5.56 Å². The van der Waals surface area contributed by atoms with Crippen LogP contribution in [0.1, 0.15) is 22.8 Å². The van der Waals surface area contributed by atoms with Crippen LogP contribution in [0.2, 0.25) is 0 Å². The molecule has 6 heteroatoms. The number of amides is 1. The van der Waals surface area contributed by atoms with Crippen molar-refractivity contribution in [3.05, 3.63) is 29.6 Å². The van der Waals surface area contributed by atoms with E-state index in [1.54, 1.807) is 6.92 Å². The Labute approximate surface area is 110 Å². The van der Waals surface area contributed by atoms with Crippen LogP contribution in [0.3, 0.4) is 0 Å². The number of carbonyl (C=O) groups excluding carboxylic acids is 2. The Morgan fingerprint density at radius 3 is 2.95 bits per heavy atom. The smallest absolute Gasteiger partial charge is 0.325 e. The van der Waals surface area contributed by atoms with Crippen molar-refractivity contribution in [1.29, 1.82) is 0 Å². The topological polar surface area (TPSA) is 88.5 Å². The first kappa shape index (κ1) is 14.7. The van der Waals surface area contributed by atoms with Gasteiger partial charge in [-0.3, -0.25) is 14.6 Å². The second-order valence-electron chi connectivity index (χ2n) is 3.41. The molecule has 0 saturated carbocycles. The Kier molecular flexibility index (Phi) is 6.06. The summed E-state index contributed by atoms with van der Waals surface area (Å²) < 4.78 is 4.69. The second kappa shape index (κ2) is 7.84. The van der Waals surface area contributed by atoms with Crippen molar-refractivity contribution >= 4 is 11.9 Å². The fourth-order valence-electron chi connectivity index (χ4n) is 1.24. The van der Waals surface area contributed by atoms with Crippen LogP contribution in [0.25, 0.3) is 0 Å². The average Bonchev–Trinajstić information content (AvgIpc) is 2.43. The van der Waals surface area contributed by atoms with Gasteiger partial charge in [0.05, 0.1) is 12.2 Å². The number of nitrogens with zero attached hydrogens (tertiary/aromatic N) is 1. The highest BCUT2D eigenvalue weighted by Crippen LogP contribution is 2.01. The summed E-state index contributed by atoms with van der Waals surface area (Å²) in [6.45, 7) is 1.49. The SMILES string of the molecule is CCOC(=O)CNC(=O)c1cncc(C#CCO)c1. The average molecular weight is 262 g/mol. The lowest BCUT2D eigenvalue weighted by atomic mass is 10.2. The highest BCUT2D eigenvalue weighted by molar-refractivity contribution is 5.95. The molecule has 1 aromatic heterocycles. The van der Waals surface area contributed by atoms with Crippen LogP contribution in [-0.4, -0.2) is 41.7 Å². The Morgan fingerprint density at radius 1 is 1.47 bits per heavy atom. The van der Waals surface area contributed by atoms with Crippen molar-refractivity contribution in [2.24, 2.45) is 0 Å². The summed E-state index contributed by atoms with van der Waals surface area (Å²) in [6.07, 6.45) is 2.84. The molecule has 1 aromatic rings. The maximum Gasteiger partial charge on any atom is 0.325 e. The fourth-order valence-corrected chi connectivity index (χ4v) is 1.24. The van der Waals surface area contributed by atoms with Crippen molar-refractivity contribution in [3.8, 4) is 11.8 Å². The predicted molar refractivity (Wildman–Crippen MR) is 67.2 cm³/mol. The first-order chi connectivity index (χ1) is 9.17. The van der Waals surface area contributed by atoms with Crippen molar-refractivity contribution in [2.75, 3.05) is 19.8 Å². The van der Waals surface area contributed by atoms with E-state index < -0.39 is 11.9 Å². The van der Waals surface area contributed by atoms with E-state index in [1.807, 2.05) is 0 Å². The van der Waals surface area contributed by atoms with Gasteiger partial charge < -0.3 is 15.2 Å². The van der Waals surface area contributed by atoms with E-state index >= 15 is 0 Å². The van der Waals surface area contributed by atoms with Crippen LogP contribution in [0.5, 0.6) is 0 Å². The normalized spacial score (nSPS) is 9.16. The van der Waals surface area contributed by atoms with Gasteiger partial charge in [0.1, 0.15) is 13.2 Å². The van der Waals surface area contributed by atoms with Crippen LogP contribution in [0.4, 0.5) is 0 Å². The van der Waals surface area contributed by atoms with Crippen molar-refractivity contribution < 1.29 is 19.4 Å². The zero-order valence-electron chi connectivity index (χ0n) is 10.5. The van der Waals surface area contributed by atoms with E-state index in [9.17, 15) is 9.59 Å². The molecule has 0 radical (unpaired) electrons. The number of aliphatic hydroxyl groups is 1. The molecule has 0 atom stereocenters. The number of pyridine rings is 1. The minimum atomic E-state index is -0.500. The third kappa shape index (κ3) is 5.19. The maximum atomic E-state index is 11.7. The molecule has 100 valence electrons. The highest BCUT2D eigenvalue weighted by atomic mass is 16.5. The molecule has 0 aromatic carbocycles. The molecule has 0 fully saturated rings. The number of carbonyl (C=O) groups is 2. The van der Waals surface area contributed by atoms with E-state index in [1.165, 1.54) is 18.5 Å². The summed E-state index contributed by atoms with van der Waals surface area (Å²) >= 11 is 0. The van der Waals surface area contributed by atoms with Gasteiger partial charge >= 0.3 is 5.97 Å². The van der Waals surface area contributed by atoms with Gasteiger partial charge in [0.15, 0.2) is 0 Å². The van der Waals surface area contributed by atoms with Crippen molar-refractivity contribution in [1.82, 2.24) is 10.3 Å². The number of hydrogen-bond acceptors (Lipinski definition) is 5. The lowest BCUT2D eigenvalue weighted by Gasteiger charge is -2.04. The Balaban J connectivity index is 2.64. The molecule has 0 aliphatic rings. The van der Waals surface area contributed by atoms with Crippen LogP contribution < -0.4 is 5.32 Å². The van der Waals surface area contributed by atoms with E-state index in [4.69, 9.17) is 5.11 Å². The van der Waals surface area contributed by atoms with E-state index in [2.05, 4.69) is 26.9 Å². The highest BCUT2D eigenvalue weighted by Gasteiger charge is 2.09. The molecule has 6 nitrogen and oxygen atoms in total. The summed E-state index contributed by atoms with van der Waals surface area (Å²) in [5.74, 6) is 4.16. The molecule has 0 spiro atoms. The minimum Gasteiger partial charge on any atom is -0.465 e. The number of esters is 1. The first-order valence-corrected chi connectivity index (χ1v) is 5.66. The summed E-state index contributed by atoms with van der Waals surface area (Å²) in [4.78, 5) is 26.7. The summed E-state index contributed by atoms with van der Waals surface area (Å²) in [5, 5.41) is 11.0. The third-order valence-corrected chi connectivity index (χ3v) is 2.01. The molecule has 2 N–H and O–H groups in total. The number of aliphatic hydroxyl groups excluding tert-OH is 1. The van der Waals surface area contributed by atoms with Crippen LogP contribution in [0, 0.1) is 11.8 Å². The zero-order valence-corrected chi connectivity index (χ0v) is 10.5. The molecular weight excluding hydrogens is 248 g/mol. The largest absolute Gasteiger partial charge is 0.465 e. The lowest BCUT2D eigenvalue weighted by molar-refractivity contribution is -0.141. The molecule has 0 bridgehead atoms. The fraction of sp³-hybridized carbons (Fsp3) is 0.308. The monoisotopic (exact) mass is 262 g/mol. The third-order valence-electron chi connectivity index (χ3n) is 2.01. The maximum absolute atomic E-state index is 11.7. The van der Waals surface area contributed by atoms with Crippen molar-refractivity contribution in [3.63, 3.8) is 0 Å². The molecule has 0 aliphatic carbocycles. The van der Waals surface area contributed by atoms with Crippen LogP contribution in [0.15, 0.2) is 18.5 Å². The number of aromatic nitrogens is 1. The van der Waals surface area contributed by atoms with E-state index in [0.717, 1.165) is 0 Å². The molecule has 0 unspecified atom stereocenters. The standard InChI is InChI=1S/C13H14N2O4/c1-2-19-12(17)9-15-13(18)11-6-10(4-3-5-16)7-14-8-11/h6-8,16H,2,5,9H2,1H3,(H,15,18). The molecule has 0 saturated heterocycles. The molecule has 1 rings (SSSR count). The predicted octanol–water partition coefficient (Wildman–Crippen LogP) is -0.282. The molecule has 19 heavy (non-hydrogen) atoms. The Hall–Kier alpha value is -2.39. The minimum absolute atomic E-state index is 0.195. The Morgan fingerprint density at radius 2 is 2.26 bits per heavy atom. The number of rotatable bonds is 4.